The van der Waals surface area contributed by atoms with E-state index in [0.29, 0.717) is 16.9 Å². The molecule has 1 amide bonds. The fourth-order valence-electron chi connectivity index (χ4n) is 1.64. The molecule has 0 heterocycles. The highest BCUT2D eigenvalue weighted by Gasteiger charge is 2.07. The average molecular weight is 293 g/mol. The Hall–Kier alpha value is -2.67. The normalized spacial score (nSPS) is 10.3. The SMILES string of the molecule is NNc1ccc(C(=O)Nc2ccc(OC(F)F)cc2)cc1. The molecule has 0 atom stereocenters. The zero-order valence-electron chi connectivity index (χ0n) is 10.8. The molecule has 2 aromatic rings. The summed E-state index contributed by atoms with van der Waals surface area (Å²) in [7, 11) is 0. The molecule has 5 nitrogen and oxygen atoms in total. The lowest BCUT2D eigenvalue weighted by Gasteiger charge is -2.08. The molecular formula is C14H13F2N3O2. The van der Waals surface area contributed by atoms with Crippen molar-refractivity contribution in [2.45, 2.75) is 6.61 Å². The maximum Gasteiger partial charge on any atom is 0.387 e. The van der Waals surface area contributed by atoms with E-state index >= 15 is 0 Å². The summed E-state index contributed by atoms with van der Waals surface area (Å²) in [5.41, 5.74) is 4.06. The number of nitrogens with one attached hydrogen (secondary N) is 2. The number of carbonyl (C=O) groups excluding carboxylic acids is 1. The van der Waals surface area contributed by atoms with Gasteiger partial charge in [0.25, 0.3) is 5.91 Å². The first-order valence-corrected chi connectivity index (χ1v) is 6.01. The molecule has 0 saturated heterocycles. The Bertz CT molecular complexity index is 601. The molecule has 0 saturated carbocycles. The highest BCUT2D eigenvalue weighted by Crippen LogP contribution is 2.18. The quantitative estimate of drug-likeness (QED) is 0.585. The highest BCUT2D eigenvalue weighted by atomic mass is 19.3. The largest absolute Gasteiger partial charge is 0.435 e. The summed E-state index contributed by atoms with van der Waals surface area (Å²) < 4.78 is 28.2. The third-order valence-corrected chi connectivity index (χ3v) is 2.65. The maximum atomic E-state index is 12.0. The van der Waals surface area contributed by atoms with Crippen molar-refractivity contribution >= 4 is 17.3 Å². The lowest BCUT2D eigenvalue weighted by atomic mass is 10.2. The van der Waals surface area contributed by atoms with E-state index in [-0.39, 0.29) is 11.7 Å². The van der Waals surface area contributed by atoms with Crippen molar-refractivity contribution in [3.8, 4) is 5.75 Å². The molecule has 0 radical (unpaired) electrons. The molecule has 0 unspecified atom stereocenters. The van der Waals surface area contributed by atoms with Gasteiger partial charge in [-0.2, -0.15) is 8.78 Å². The Morgan fingerprint density at radius 2 is 1.57 bits per heavy atom. The summed E-state index contributed by atoms with van der Waals surface area (Å²) in [5.74, 6) is 4.94. The van der Waals surface area contributed by atoms with Crippen molar-refractivity contribution in [3.05, 3.63) is 54.1 Å². The van der Waals surface area contributed by atoms with E-state index in [1.165, 1.54) is 24.3 Å². The number of hydrogen-bond acceptors (Lipinski definition) is 4. The lowest BCUT2D eigenvalue weighted by molar-refractivity contribution is -0.0498. The first kappa shape index (κ1) is 14.7. The lowest BCUT2D eigenvalue weighted by Crippen LogP contribution is -2.12. The molecule has 2 aromatic carbocycles. The summed E-state index contributed by atoms with van der Waals surface area (Å²) in [6, 6.07) is 12.2. The van der Waals surface area contributed by atoms with Crippen molar-refractivity contribution in [3.63, 3.8) is 0 Å². The zero-order valence-corrected chi connectivity index (χ0v) is 10.8. The molecule has 0 aliphatic rings. The number of amides is 1. The molecule has 21 heavy (non-hydrogen) atoms. The van der Waals surface area contributed by atoms with E-state index in [1.807, 2.05) is 0 Å². The fourth-order valence-corrected chi connectivity index (χ4v) is 1.64. The van der Waals surface area contributed by atoms with Crippen LogP contribution in [0.25, 0.3) is 0 Å². The van der Waals surface area contributed by atoms with Crippen LogP contribution in [0, 0.1) is 0 Å². The highest BCUT2D eigenvalue weighted by molar-refractivity contribution is 6.04. The standard InChI is InChI=1S/C14H13F2N3O2/c15-14(16)21-12-7-5-10(6-8-12)18-13(20)9-1-3-11(19-17)4-2-9/h1-8,14,19H,17H2,(H,18,20). The van der Waals surface area contributed by atoms with Crippen molar-refractivity contribution in [1.82, 2.24) is 0 Å². The summed E-state index contributed by atoms with van der Waals surface area (Å²) in [6.45, 7) is -2.87. The molecular weight excluding hydrogens is 280 g/mol. The number of nitrogens with two attached hydrogens (primary N) is 1. The third kappa shape index (κ3) is 4.15. The number of nitrogen functional groups attached to an aromatic ring is 1. The van der Waals surface area contributed by atoms with E-state index in [2.05, 4.69) is 15.5 Å². The van der Waals surface area contributed by atoms with Crippen molar-refractivity contribution < 1.29 is 18.3 Å². The molecule has 4 N–H and O–H groups in total. The van der Waals surface area contributed by atoms with E-state index in [4.69, 9.17) is 5.84 Å². The summed E-state index contributed by atoms with van der Waals surface area (Å²) in [4.78, 5) is 12.0. The second-order valence-electron chi connectivity index (χ2n) is 4.08. The van der Waals surface area contributed by atoms with Gasteiger partial charge in [0.2, 0.25) is 0 Å². The second kappa shape index (κ2) is 6.67. The number of rotatable bonds is 5. The van der Waals surface area contributed by atoms with E-state index in [9.17, 15) is 13.6 Å². The van der Waals surface area contributed by atoms with Crippen LogP contribution in [-0.2, 0) is 0 Å². The topological polar surface area (TPSA) is 76.4 Å². The van der Waals surface area contributed by atoms with Crippen LogP contribution in [0.15, 0.2) is 48.5 Å². The number of alkyl halides is 2. The van der Waals surface area contributed by atoms with E-state index in [0.717, 1.165) is 0 Å². The number of hydrogen-bond donors (Lipinski definition) is 3. The van der Waals surface area contributed by atoms with Crippen molar-refractivity contribution in [2.75, 3.05) is 10.7 Å². The van der Waals surface area contributed by atoms with Gasteiger partial charge in [0.15, 0.2) is 0 Å². The number of anilines is 2. The van der Waals surface area contributed by atoms with Crippen LogP contribution in [0.4, 0.5) is 20.2 Å². The molecule has 0 spiro atoms. The fraction of sp³-hybridized carbons (Fsp3) is 0.0714. The van der Waals surface area contributed by atoms with Crippen LogP contribution in [0.1, 0.15) is 10.4 Å². The molecule has 0 aromatic heterocycles. The predicted octanol–water partition coefficient (Wildman–Crippen LogP) is 2.83. The van der Waals surface area contributed by atoms with Gasteiger partial charge in [-0.1, -0.05) is 0 Å². The Morgan fingerprint density at radius 1 is 1.00 bits per heavy atom. The second-order valence-corrected chi connectivity index (χ2v) is 4.08. The predicted molar refractivity (Wildman–Crippen MR) is 75.3 cm³/mol. The molecule has 0 fully saturated rings. The molecule has 0 aliphatic heterocycles. The number of ether oxygens (including phenoxy) is 1. The summed E-state index contributed by atoms with van der Waals surface area (Å²) in [5, 5.41) is 2.64. The van der Waals surface area contributed by atoms with Gasteiger partial charge in [-0.25, -0.2) is 0 Å². The van der Waals surface area contributed by atoms with Gasteiger partial charge in [0, 0.05) is 16.9 Å². The van der Waals surface area contributed by atoms with Gasteiger partial charge in [-0.15, -0.1) is 0 Å². The van der Waals surface area contributed by atoms with Crippen LogP contribution in [0.3, 0.4) is 0 Å². The molecule has 110 valence electrons. The number of halogens is 2. The Labute approximate surface area is 119 Å². The van der Waals surface area contributed by atoms with Gasteiger partial charge in [0.05, 0.1) is 0 Å². The van der Waals surface area contributed by atoms with Crippen molar-refractivity contribution in [2.24, 2.45) is 5.84 Å². The maximum absolute atomic E-state index is 12.0. The Morgan fingerprint density at radius 3 is 2.10 bits per heavy atom. The number of benzene rings is 2. The van der Waals surface area contributed by atoms with E-state index in [1.54, 1.807) is 24.3 Å². The minimum Gasteiger partial charge on any atom is -0.435 e. The summed E-state index contributed by atoms with van der Waals surface area (Å²) in [6.07, 6.45) is 0. The summed E-state index contributed by atoms with van der Waals surface area (Å²) >= 11 is 0. The average Bonchev–Trinajstić information content (AvgIpc) is 2.49. The van der Waals surface area contributed by atoms with Crippen LogP contribution < -0.4 is 21.3 Å². The molecule has 0 bridgehead atoms. The first-order chi connectivity index (χ1) is 10.1. The molecule has 2 rings (SSSR count). The van der Waals surface area contributed by atoms with Crippen LogP contribution in [0.2, 0.25) is 0 Å². The van der Waals surface area contributed by atoms with Gasteiger partial charge in [0.1, 0.15) is 5.75 Å². The van der Waals surface area contributed by atoms with Crippen LogP contribution in [0.5, 0.6) is 5.75 Å². The number of carbonyl (C=O) groups is 1. The number of hydrazine groups is 1. The van der Waals surface area contributed by atoms with Gasteiger partial charge < -0.3 is 15.5 Å². The Balaban J connectivity index is 2.01. The van der Waals surface area contributed by atoms with Crippen molar-refractivity contribution in [1.29, 1.82) is 0 Å². The van der Waals surface area contributed by atoms with Crippen LogP contribution in [-0.4, -0.2) is 12.5 Å². The zero-order chi connectivity index (χ0) is 15.2. The minimum atomic E-state index is -2.87. The minimum absolute atomic E-state index is 0.0290. The first-order valence-electron chi connectivity index (χ1n) is 6.01. The molecule has 0 aliphatic carbocycles. The van der Waals surface area contributed by atoms with Gasteiger partial charge in [-0.3, -0.25) is 10.6 Å². The van der Waals surface area contributed by atoms with Crippen LogP contribution >= 0.6 is 0 Å². The Kier molecular flexibility index (Phi) is 4.68. The third-order valence-electron chi connectivity index (χ3n) is 2.65. The molecule has 7 heteroatoms. The van der Waals surface area contributed by atoms with E-state index < -0.39 is 6.61 Å². The van der Waals surface area contributed by atoms with Gasteiger partial charge in [-0.05, 0) is 48.5 Å². The van der Waals surface area contributed by atoms with Gasteiger partial charge >= 0.3 is 6.61 Å². The smallest absolute Gasteiger partial charge is 0.387 e. The monoisotopic (exact) mass is 293 g/mol.